The largest absolute Gasteiger partial charge is 0.282 e. The Morgan fingerprint density at radius 1 is 1.18 bits per heavy atom. The predicted molar refractivity (Wildman–Crippen MR) is 83.6 cm³/mol. The third-order valence-corrected chi connectivity index (χ3v) is 3.89. The number of aryl methyl sites for hydroxylation is 1. The first-order chi connectivity index (χ1) is 10.7. The van der Waals surface area contributed by atoms with Gasteiger partial charge in [0, 0.05) is 6.20 Å². The third kappa shape index (κ3) is 1.74. The zero-order valence-corrected chi connectivity index (χ0v) is 12.3. The topological polar surface area (TPSA) is 65.1 Å². The van der Waals surface area contributed by atoms with Crippen LogP contribution in [0.3, 0.4) is 0 Å². The van der Waals surface area contributed by atoms with E-state index in [4.69, 9.17) is 11.6 Å². The number of hydrogen-bond acceptors (Lipinski definition) is 4. The van der Waals surface area contributed by atoms with Crippen molar-refractivity contribution in [1.29, 1.82) is 0 Å². The average Bonchev–Trinajstić information content (AvgIpc) is 2.96. The minimum Gasteiger partial charge on any atom is -0.282 e. The molecule has 1 aromatic carbocycles. The summed E-state index contributed by atoms with van der Waals surface area (Å²) in [4.78, 5) is 21.3. The molecule has 0 atom stereocenters. The van der Waals surface area contributed by atoms with Crippen molar-refractivity contribution < 1.29 is 0 Å². The van der Waals surface area contributed by atoms with E-state index in [1.54, 1.807) is 29.8 Å². The van der Waals surface area contributed by atoms with E-state index in [1.807, 2.05) is 18.2 Å². The fourth-order valence-electron chi connectivity index (χ4n) is 2.57. The van der Waals surface area contributed by atoms with E-state index in [1.165, 1.54) is 10.9 Å². The van der Waals surface area contributed by atoms with Gasteiger partial charge in [-0.2, -0.15) is 14.6 Å². The number of fused-ring (bicyclic) bond motifs is 3. The zero-order chi connectivity index (χ0) is 15.3. The van der Waals surface area contributed by atoms with Crippen molar-refractivity contribution in [2.45, 2.75) is 6.92 Å². The summed E-state index contributed by atoms with van der Waals surface area (Å²) in [6, 6.07) is 9.02. The lowest BCUT2D eigenvalue weighted by Gasteiger charge is -2.10. The van der Waals surface area contributed by atoms with E-state index >= 15 is 0 Å². The lowest BCUT2D eigenvalue weighted by molar-refractivity contribution is 0.949. The molecule has 0 aliphatic carbocycles. The van der Waals surface area contributed by atoms with E-state index in [-0.39, 0.29) is 5.56 Å². The fourth-order valence-corrected chi connectivity index (χ4v) is 2.79. The van der Waals surface area contributed by atoms with Crippen molar-refractivity contribution in [3.63, 3.8) is 0 Å². The van der Waals surface area contributed by atoms with Crippen LogP contribution >= 0.6 is 11.6 Å². The number of hydrogen-bond donors (Lipinski definition) is 0. The first kappa shape index (κ1) is 13.0. The molecule has 0 radical (unpaired) electrons. The number of pyridine rings is 1. The van der Waals surface area contributed by atoms with Crippen molar-refractivity contribution in [3.05, 3.63) is 63.9 Å². The summed E-state index contributed by atoms with van der Waals surface area (Å²) in [6.07, 6.45) is 3.10. The predicted octanol–water partition coefficient (Wildman–Crippen LogP) is 2.39. The monoisotopic (exact) mass is 311 g/mol. The molecule has 6 nitrogen and oxygen atoms in total. The number of rotatable bonds is 1. The van der Waals surface area contributed by atoms with Gasteiger partial charge in [-0.05, 0) is 25.1 Å². The molecular formula is C15H10ClN5O. The van der Waals surface area contributed by atoms with Gasteiger partial charge in [-0.1, -0.05) is 23.7 Å². The van der Waals surface area contributed by atoms with Crippen LogP contribution in [0.4, 0.5) is 0 Å². The Hall–Kier alpha value is -2.73. The molecule has 0 aliphatic rings. The molecular weight excluding hydrogens is 302 g/mol. The number of halogens is 1. The maximum Gasteiger partial charge on any atom is 0.266 e. The van der Waals surface area contributed by atoms with Gasteiger partial charge in [0.25, 0.3) is 11.3 Å². The Bertz CT molecular complexity index is 1080. The van der Waals surface area contributed by atoms with Crippen LogP contribution in [0.1, 0.15) is 5.69 Å². The smallest absolute Gasteiger partial charge is 0.266 e. The van der Waals surface area contributed by atoms with E-state index in [2.05, 4.69) is 15.1 Å². The highest BCUT2D eigenvalue weighted by molar-refractivity contribution is 6.32. The molecule has 4 rings (SSSR count). The average molecular weight is 312 g/mol. The Kier molecular flexibility index (Phi) is 2.74. The van der Waals surface area contributed by atoms with Gasteiger partial charge in [0.05, 0.1) is 27.3 Å². The van der Waals surface area contributed by atoms with Gasteiger partial charge in [-0.25, -0.2) is 4.98 Å². The molecule has 3 heterocycles. The maximum absolute atomic E-state index is 12.9. The minimum atomic E-state index is -0.187. The molecule has 7 heteroatoms. The normalized spacial score (nSPS) is 11.4. The first-order valence-electron chi connectivity index (χ1n) is 6.63. The van der Waals surface area contributed by atoms with Gasteiger partial charge >= 0.3 is 0 Å². The molecule has 22 heavy (non-hydrogen) atoms. The summed E-state index contributed by atoms with van der Waals surface area (Å²) < 4.78 is 3.07. The second kappa shape index (κ2) is 4.64. The molecule has 108 valence electrons. The van der Waals surface area contributed by atoms with Crippen LogP contribution in [-0.2, 0) is 0 Å². The second-order valence-electron chi connectivity index (χ2n) is 4.87. The van der Waals surface area contributed by atoms with Crippen LogP contribution in [0.15, 0.2) is 47.7 Å². The highest BCUT2D eigenvalue weighted by Crippen LogP contribution is 2.20. The first-order valence-corrected chi connectivity index (χ1v) is 7.01. The number of benzene rings is 1. The summed E-state index contributed by atoms with van der Waals surface area (Å²) in [5.41, 5.74) is 1.73. The van der Waals surface area contributed by atoms with Crippen LogP contribution in [0.2, 0.25) is 5.02 Å². The molecule has 0 fully saturated rings. The molecule has 0 bridgehead atoms. The van der Waals surface area contributed by atoms with Crippen molar-refractivity contribution in [2.75, 3.05) is 0 Å². The second-order valence-corrected chi connectivity index (χ2v) is 5.28. The Balaban J connectivity index is 2.15. The fraction of sp³-hybridized carbons (Fsp3) is 0.0667. The standard InChI is InChI=1S/C15H10ClN5O/c1-9-13-12(21-15(19-9)17-8-18-21)6-7-20(14(13)22)11-5-3-2-4-10(11)16/h2-8H,1H3. The highest BCUT2D eigenvalue weighted by atomic mass is 35.5. The van der Waals surface area contributed by atoms with Crippen molar-refractivity contribution >= 4 is 28.3 Å². The van der Waals surface area contributed by atoms with E-state index < -0.39 is 0 Å². The SMILES string of the molecule is Cc1nc2ncnn2c2ccn(-c3ccccc3Cl)c(=O)c12. The molecule has 4 aromatic rings. The molecule has 3 aromatic heterocycles. The van der Waals surface area contributed by atoms with Crippen molar-refractivity contribution in [3.8, 4) is 5.69 Å². The lowest BCUT2D eigenvalue weighted by atomic mass is 10.2. The maximum atomic E-state index is 12.9. The number of para-hydroxylation sites is 1. The molecule has 0 spiro atoms. The third-order valence-electron chi connectivity index (χ3n) is 3.57. The molecule has 0 saturated heterocycles. The van der Waals surface area contributed by atoms with Crippen molar-refractivity contribution in [1.82, 2.24) is 24.1 Å². The summed E-state index contributed by atoms with van der Waals surface area (Å²) in [5.74, 6) is 0.472. The van der Waals surface area contributed by atoms with E-state index in [9.17, 15) is 4.79 Å². The van der Waals surface area contributed by atoms with Crippen LogP contribution in [0.25, 0.3) is 22.4 Å². The minimum absolute atomic E-state index is 0.187. The van der Waals surface area contributed by atoms with Gasteiger partial charge in [-0.15, -0.1) is 0 Å². The molecule has 0 unspecified atom stereocenters. The molecule has 0 amide bonds. The Morgan fingerprint density at radius 2 is 2.00 bits per heavy atom. The summed E-state index contributed by atoms with van der Waals surface area (Å²) in [6.45, 7) is 1.79. The van der Waals surface area contributed by atoms with E-state index in [0.29, 0.717) is 33.1 Å². The van der Waals surface area contributed by atoms with Gasteiger partial charge in [0.2, 0.25) is 0 Å². The quantitative estimate of drug-likeness (QED) is 0.541. The molecule has 0 aliphatic heterocycles. The Labute approximate surface area is 129 Å². The number of nitrogens with zero attached hydrogens (tertiary/aromatic N) is 5. The van der Waals surface area contributed by atoms with Crippen LogP contribution in [-0.4, -0.2) is 24.1 Å². The van der Waals surface area contributed by atoms with Gasteiger partial charge in [-0.3, -0.25) is 9.36 Å². The van der Waals surface area contributed by atoms with Gasteiger partial charge in [0.15, 0.2) is 0 Å². The summed E-state index contributed by atoms with van der Waals surface area (Å²) >= 11 is 6.20. The summed E-state index contributed by atoms with van der Waals surface area (Å²) in [5, 5.41) is 5.13. The number of aromatic nitrogens is 5. The highest BCUT2D eigenvalue weighted by Gasteiger charge is 2.13. The molecule has 0 saturated carbocycles. The van der Waals surface area contributed by atoms with Crippen LogP contribution in [0, 0.1) is 6.92 Å². The van der Waals surface area contributed by atoms with Crippen LogP contribution in [0.5, 0.6) is 0 Å². The van der Waals surface area contributed by atoms with E-state index in [0.717, 1.165) is 0 Å². The molecule has 0 N–H and O–H groups in total. The van der Waals surface area contributed by atoms with Gasteiger partial charge in [0.1, 0.15) is 6.33 Å². The zero-order valence-electron chi connectivity index (χ0n) is 11.6. The summed E-state index contributed by atoms with van der Waals surface area (Å²) in [7, 11) is 0. The lowest BCUT2D eigenvalue weighted by Crippen LogP contribution is -2.20. The van der Waals surface area contributed by atoms with Gasteiger partial charge < -0.3 is 0 Å². The van der Waals surface area contributed by atoms with Crippen molar-refractivity contribution in [2.24, 2.45) is 0 Å². The van der Waals surface area contributed by atoms with Crippen LogP contribution < -0.4 is 5.56 Å². The Morgan fingerprint density at radius 3 is 2.82 bits per heavy atom.